The van der Waals surface area contributed by atoms with E-state index in [1.807, 2.05) is 42.0 Å². The molecule has 3 aromatic rings. The molecule has 0 fully saturated rings. The molecule has 2 aromatic carbocycles. The number of nitrogens with one attached hydrogen (secondary N) is 1. The molecule has 1 aliphatic rings. The minimum Gasteiger partial charge on any atom is -0.494 e. The van der Waals surface area contributed by atoms with Gasteiger partial charge >= 0.3 is 0 Å². The number of aryl methyl sites for hydroxylation is 1. The Labute approximate surface area is 183 Å². The monoisotopic (exact) mass is 435 g/mol. The van der Waals surface area contributed by atoms with Crippen molar-refractivity contribution in [2.45, 2.75) is 25.5 Å². The summed E-state index contributed by atoms with van der Waals surface area (Å²) in [7, 11) is -2.04. The van der Waals surface area contributed by atoms with Crippen LogP contribution in [0.15, 0.2) is 73.2 Å². The number of benzene rings is 2. The standard InChI is InChI=1S/C24H25N3O3S/c1-18-15-27(17-25-18)23-12-11-22(14-24(23)30-2)26-31(28,29)16-19-7-6-10-21(13-19)20-8-4-3-5-9-20/h4,6-15,17,26H,3,5,16H2,1-2H3. The van der Waals surface area contributed by atoms with Crippen LogP contribution in [0.2, 0.25) is 0 Å². The number of aromatic nitrogens is 2. The van der Waals surface area contributed by atoms with E-state index in [9.17, 15) is 8.42 Å². The van der Waals surface area contributed by atoms with Gasteiger partial charge in [-0.05, 0) is 48.6 Å². The molecule has 0 saturated carbocycles. The van der Waals surface area contributed by atoms with E-state index in [1.165, 1.54) is 0 Å². The molecule has 1 aromatic heterocycles. The van der Waals surface area contributed by atoms with Gasteiger partial charge in [0.1, 0.15) is 5.75 Å². The molecule has 0 bridgehead atoms. The van der Waals surface area contributed by atoms with Crippen LogP contribution in [0, 0.1) is 6.92 Å². The summed E-state index contributed by atoms with van der Waals surface area (Å²) in [6.07, 6.45) is 12.0. The van der Waals surface area contributed by atoms with Crippen LogP contribution < -0.4 is 9.46 Å². The second kappa shape index (κ2) is 8.81. The first kappa shape index (κ1) is 20.9. The normalized spacial score (nSPS) is 13.7. The van der Waals surface area contributed by atoms with Crippen LogP contribution in [0.3, 0.4) is 0 Å². The third-order valence-electron chi connectivity index (χ3n) is 5.05. The SMILES string of the molecule is COc1cc(NS(=O)(=O)Cc2cccc(C3=CCCC=C3)c2)ccc1-n1cnc(C)c1. The van der Waals surface area contributed by atoms with Crippen LogP contribution in [0.25, 0.3) is 11.3 Å². The average molecular weight is 436 g/mol. The summed E-state index contributed by atoms with van der Waals surface area (Å²) in [6, 6.07) is 12.9. The second-order valence-corrected chi connectivity index (χ2v) is 9.23. The van der Waals surface area contributed by atoms with Gasteiger partial charge in [0, 0.05) is 12.3 Å². The molecule has 1 aliphatic carbocycles. The average Bonchev–Trinajstić information content (AvgIpc) is 3.20. The topological polar surface area (TPSA) is 73.2 Å². The van der Waals surface area contributed by atoms with E-state index in [0.29, 0.717) is 11.4 Å². The minimum absolute atomic E-state index is 0.109. The molecule has 0 aliphatic heterocycles. The summed E-state index contributed by atoms with van der Waals surface area (Å²) >= 11 is 0. The minimum atomic E-state index is -3.60. The molecular formula is C24H25N3O3S. The van der Waals surface area contributed by atoms with Crippen molar-refractivity contribution in [2.75, 3.05) is 11.8 Å². The molecule has 0 spiro atoms. The Kier molecular flexibility index (Phi) is 5.95. The van der Waals surface area contributed by atoms with Crippen LogP contribution >= 0.6 is 0 Å². The number of methoxy groups -OCH3 is 1. The number of rotatable bonds is 7. The molecule has 0 atom stereocenters. The lowest BCUT2D eigenvalue weighted by Gasteiger charge is -2.14. The zero-order valence-electron chi connectivity index (χ0n) is 17.6. The molecule has 0 saturated heterocycles. The number of ether oxygens (including phenoxy) is 1. The van der Waals surface area contributed by atoms with Crippen molar-refractivity contribution in [3.63, 3.8) is 0 Å². The van der Waals surface area contributed by atoms with Crippen molar-refractivity contribution in [3.8, 4) is 11.4 Å². The largest absolute Gasteiger partial charge is 0.494 e. The van der Waals surface area contributed by atoms with Crippen LogP contribution in [-0.4, -0.2) is 25.1 Å². The van der Waals surface area contributed by atoms with Gasteiger partial charge in [-0.1, -0.05) is 42.5 Å². The first-order valence-corrected chi connectivity index (χ1v) is 11.7. The number of sulfonamides is 1. The highest BCUT2D eigenvalue weighted by atomic mass is 32.2. The molecule has 0 unspecified atom stereocenters. The fraction of sp³-hybridized carbons (Fsp3) is 0.208. The highest BCUT2D eigenvalue weighted by Gasteiger charge is 2.15. The van der Waals surface area contributed by atoms with E-state index in [0.717, 1.165) is 40.9 Å². The van der Waals surface area contributed by atoms with Crippen LogP contribution in [-0.2, 0) is 15.8 Å². The van der Waals surface area contributed by atoms with Gasteiger partial charge in [-0.2, -0.15) is 0 Å². The van der Waals surface area contributed by atoms with E-state index in [1.54, 1.807) is 31.6 Å². The Hall–Kier alpha value is -3.32. The van der Waals surface area contributed by atoms with Crippen molar-refractivity contribution in [3.05, 3.63) is 90.0 Å². The molecule has 1 heterocycles. The molecule has 0 radical (unpaired) electrons. The van der Waals surface area contributed by atoms with E-state index < -0.39 is 10.0 Å². The van der Waals surface area contributed by atoms with E-state index >= 15 is 0 Å². The van der Waals surface area contributed by atoms with Gasteiger partial charge in [-0.25, -0.2) is 13.4 Å². The van der Waals surface area contributed by atoms with Gasteiger partial charge in [0.2, 0.25) is 10.0 Å². The van der Waals surface area contributed by atoms with Crippen LogP contribution in [0.1, 0.15) is 29.7 Å². The molecule has 7 heteroatoms. The number of hydrogen-bond donors (Lipinski definition) is 1. The molecule has 0 amide bonds. The Morgan fingerprint density at radius 3 is 2.74 bits per heavy atom. The Morgan fingerprint density at radius 1 is 1.16 bits per heavy atom. The summed E-state index contributed by atoms with van der Waals surface area (Å²) in [5, 5.41) is 0. The summed E-state index contributed by atoms with van der Waals surface area (Å²) in [5.74, 6) is 0.443. The zero-order chi connectivity index (χ0) is 21.8. The highest BCUT2D eigenvalue weighted by molar-refractivity contribution is 7.91. The van der Waals surface area contributed by atoms with Crippen molar-refractivity contribution < 1.29 is 13.2 Å². The van der Waals surface area contributed by atoms with Gasteiger partial charge in [0.25, 0.3) is 0 Å². The summed E-state index contributed by atoms with van der Waals surface area (Å²) in [5.41, 5.74) is 5.02. The molecule has 6 nitrogen and oxygen atoms in total. The van der Waals surface area contributed by atoms with E-state index in [4.69, 9.17) is 4.74 Å². The smallest absolute Gasteiger partial charge is 0.236 e. The van der Waals surface area contributed by atoms with Gasteiger partial charge in [0.15, 0.2) is 0 Å². The predicted octanol–water partition coefficient (Wildman–Crippen LogP) is 4.86. The van der Waals surface area contributed by atoms with Crippen molar-refractivity contribution >= 4 is 21.3 Å². The third-order valence-corrected chi connectivity index (χ3v) is 6.32. The molecule has 160 valence electrons. The molecular weight excluding hydrogens is 410 g/mol. The number of anilines is 1. The number of allylic oxidation sites excluding steroid dienone is 4. The Morgan fingerprint density at radius 2 is 2.03 bits per heavy atom. The van der Waals surface area contributed by atoms with Gasteiger partial charge < -0.3 is 9.30 Å². The van der Waals surface area contributed by atoms with Crippen LogP contribution in [0.4, 0.5) is 5.69 Å². The number of hydrogen-bond acceptors (Lipinski definition) is 4. The molecule has 1 N–H and O–H groups in total. The quantitative estimate of drug-likeness (QED) is 0.575. The highest BCUT2D eigenvalue weighted by Crippen LogP contribution is 2.28. The summed E-state index contributed by atoms with van der Waals surface area (Å²) < 4.78 is 35.6. The lowest BCUT2D eigenvalue weighted by molar-refractivity contribution is 0.413. The predicted molar refractivity (Wildman–Crippen MR) is 124 cm³/mol. The van der Waals surface area contributed by atoms with Crippen molar-refractivity contribution in [1.82, 2.24) is 9.55 Å². The maximum atomic E-state index is 12.8. The fourth-order valence-corrected chi connectivity index (χ4v) is 4.79. The molecule has 31 heavy (non-hydrogen) atoms. The van der Waals surface area contributed by atoms with Gasteiger partial charge in [-0.15, -0.1) is 0 Å². The van der Waals surface area contributed by atoms with Gasteiger partial charge in [-0.3, -0.25) is 4.72 Å². The van der Waals surface area contributed by atoms with Crippen molar-refractivity contribution in [1.29, 1.82) is 0 Å². The maximum Gasteiger partial charge on any atom is 0.236 e. The number of nitrogens with zero attached hydrogens (tertiary/aromatic N) is 2. The fourth-order valence-electron chi connectivity index (χ4n) is 3.61. The lowest BCUT2D eigenvalue weighted by atomic mass is 9.98. The lowest BCUT2D eigenvalue weighted by Crippen LogP contribution is -2.15. The zero-order valence-corrected chi connectivity index (χ0v) is 18.4. The summed E-state index contributed by atoms with van der Waals surface area (Å²) in [6.45, 7) is 1.90. The Balaban J connectivity index is 1.53. The van der Waals surface area contributed by atoms with Crippen LogP contribution in [0.5, 0.6) is 5.75 Å². The number of imidazole rings is 1. The first-order valence-electron chi connectivity index (χ1n) is 10.1. The second-order valence-electron chi connectivity index (χ2n) is 7.51. The summed E-state index contributed by atoms with van der Waals surface area (Å²) in [4.78, 5) is 4.23. The van der Waals surface area contributed by atoms with E-state index in [-0.39, 0.29) is 5.75 Å². The third kappa shape index (κ3) is 5.06. The first-order chi connectivity index (χ1) is 14.9. The van der Waals surface area contributed by atoms with Crippen molar-refractivity contribution in [2.24, 2.45) is 0 Å². The molecule has 4 rings (SSSR count). The van der Waals surface area contributed by atoms with Gasteiger partial charge in [0.05, 0.1) is 36.3 Å². The maximum absolute atomic E-state index is 12.8. The Bertz CT molecular complexity index is 1260. The van der Waals surface area contributed by atoms with E-state index in [2.05, 4.69) is 27.9 Å².